The summed E-state index contributed by atoms with van der Waals surface area (Å²) in [7, 11) is 3.48. The van der Waals surface area contributed by atoms with E-state index in [0.29, 0.717) is 11.3 Å². The molecule has 0 saturated carbocycles. The van der Waals surface area contributed by atoms with Crippen LogP contribution in [-0.4, -0.2) is 35.3 Å². The minimum absolute atomic E-state index is 0.360. The van der Waals surface area contributed by atoms with Gasteiger partial charge in [-0.1, -0.05) is 0 Å². The quantitative estimate of drug-likeness (QED) is 0.483. The summed E-state index contributed by atoms with van der Waals surface area (Å²) < 4.78 is 0. The third-order valence-electron chi connectivity index (χ3n) is 1.59. The number of hydrazone groups is 1. The molecule has 0 amide bonds. The molecule has 0 spiro atoms. The lowest BCUT2D eigenvalue weighted by Gasteiger charge is -2.02. The molecule has 0 saturated heterocycles. The van der Waals surface area contributed by atoms with E-state index in [-0.39, 0.29) is 0 Å². The molecule has 0 unspecified atom stereocenters. The van der Waals surface area contributed by atoms with E-state index in [2.05, 4.69) is 15.1 Å². The van der Waals surface area contributed by atoms with Crippen molar-refractivity contribution in [2.24, 2.45) is 5.10 Å². The van der Waals surface area contributed by atoms with Gasteiger partial charge in [0.25, 0.3) is 5.56 Å². The highest BCUT2D eigenvalue weighted by molar-refractivity contribution is 5.79. The van der Waals surface area contributed by atoms with Gasteiger partial charge in [-0.2, -0.15) is 5.10 Å². The van der Waals surface area contributed by atoms with Crippen molar-refractivity contribution in [2.75, 3.05) is 14.1 Å². The second kappa shape index (κ2) is 3.91. The van der Waals surface area contributed by atoms with Crippen molar-refractivity contribution in [2.45, 2.75) is 6.92 Å². The molecule has 0 fully saturated rings. The van der Waals surface area contributed by atoms with Crippen LogP contribution in [0.15, 0.2) is 14.7 Å². The van der Waals surface area contributed by atoms with Crippen LogP contribution in [0.2, 0.25) is 0 Å². The van der Waals surface area contributed by atoms with Gasteiger partial charge in [-0.05, 0) is 6.92 Å². The largest absolute Gasteiger partial charge is 0.325 e. The van der Waals surface area contributed by atoms with Crippen molar-refractivity contribution in [3.63, 3.8) is 0 Å². The Bertz CT molecular complexity index is 455. The van der Waals surface area contributed by atoms with Gasteiger partial charge in [0.1, 0.15) is 0 Å². The number of hydrogen-bond donors (Lipinski definition) is 2. The standard InChI is InChI=1S/C8H12N4O2/c1-5-6(4-9-12(2)3)7(13)11-8(14)10-5/h4H,1-3H3,(H2,10,11,13,14)/b9-4+. The normalized spacial score (nSPS) is 10.8. The minimum atomic E-state index is -0.505. The Labute approximate surface area is 80.3 Å². The van der Waals surface area contributed by atoms with Crippen LogP contribution in [0.4, 0.5) is 0 Å². The van der Waals surface area contributed by atoms with Gasteiger partial charge in [-0.25, -0.2) is 4.79 Å². The van der Waals surface area contributed by atoms with Crippen molar-refractivity contribution in [1.29, 1.82) is 0 Å². The van der Waals surface area contributed by atoms with Gasteiger partial charge < -0.3 is 9.99 Å². The summed E-state index contributed by atoms with van der Waals surface area (Å²) in [6, 6.07) is 0. The van der Waals surface area contributed by atoms with Gasteiger partial charge in [0, 0.05) is 19.8 Å². The Morgan fingerprint density at radius 1 is 1.29 bits per heavy atom. The van der Waals surface area contributed by atoms with Gasteiger partial charge >= 0.3 is 5.69 Å². The summed E-state index contributed by atoms with van der Waals surface area (Å²) >= 11 is 0. The van der Waals surface area contributed by atoms with Crippen LogP contribution in [0.5, 0.6) is 0 Å². The third-order valence-corrected chi connectivity index (χ3v) is 1.59. The van der Waals surface area contributed by atoms with Gasteiger partial charge in [0.15, 0.2) is 0 Å². The molecular formula is C8H12N4O2. The molecule has 0 aliphatic heterocycles. The number of aryl methyl sites for hydroxylation is 1. The molecule has 0 atom stereocenters. The SMILES string of the molecule is Cc1[nH]c(=O)[nH]c(=O)c1/C=N/N(C)C. The molecule has 76 valence electrons. The van der Waals surface area contributed by atoms with E-state index in [1.165, 1.54) is 6.21 Å². The van der Waals surface area contributed by atoms with Crippen LogP contribution in [0.25, 0.3) is 0 Å². The summed E-state index contributed by atoms with van der Waals surface area (Å²) in [5, 5.41) is 5.47. The summed E-state index contributed by atoms with van der Waals surface area (Å²) in [6.45, 7) is 1.65. The van der Waals surface area contributed by atoms with Gasteiger partial charge in [-0.15, -0.1) is 0 Å². The smallest absolute Gasteiger partial charge is 0.311 e. The highest BCUT2D eigenvalue weighted by Crippen LogP contribution is 1.90. The first-order chi connectivity index (χ1) is 6.50. The van der Waals surface area contributed by atoms with E-state index in [1.54, 1.807) is 26.0 Å². The van der Waals surface area contributed by atoms with E-state index in [9.17, 15) is 9.59 Å². The fourth-order valence-electron chi connectivity index (χ4n) is 0.938. The van der Waals surface area contributed by atoms with Crippen LogP contribution < -0.4 is 11.2 Å². The van der Waals surface area contributed by atoms with Crippen LogP contribution in [0, 0.1) is 6.92 Å². The van der Waals surface area contributed by atoms with Crippen molar-refractivity contribution >= 4 is 6.21 Å². The first-order valence-electron chi connectivity index (χ1n) is 4.05. The predicted octanol–water partition coefficient (Wildman–Crippen LogP) is -0.733. The molecule has 0 radical (unpaired) electrons. The molecule has 1 heterocycles. The molecule has 0 aromatic carbocycles. The van der Waals surface area contributed by atoms with Crippen LogP contribution in [0.1, 0.15) is 11.3 Å². The fraction of sp³-hybridized carbons (Fsp3) is 0.375. The maximum absolute atomic E-state index is 11.3. The first-order valence-corrected chi connectivity index (χ1v) is 4.05. The van der Waals surface area contributed by atoms with Crippen molar-refractivity contribution in [3.05, 3.63) is 32.1 Å². The lowest BCUT2D eigenvalue weighted by molar-refractivity contribution is 0.440. The molecular weight excluding hydrogens is 184 g/mol. The highest BCUT2D eigenvalue weighted by Gasteiger charge is 2.01. The monoisotopic (exact) mass is 196 g/mol. The second-order valence-electron chi connectivity index (χ2n) is 3.04. The number of aromatic amines is 2. The number of H-pyrrole nitrogens is 2. The number of aromatic nitrogens is 2. The van der Waals surface area contributed by atoms with E-state index >= 15 is 0 Å². The molecule has 1 aromatic rings. The molecule has 6 heteroatoms. The second-order valence-corrected chi connectivity index (χ2v) is 3.04. The zero-order valence-electron chi connectivity index (χ0n) is 8.29. The van der Waals surface area contributed by atoms with Gasteiger partial charge in [-0.3, -0.25) is 9.78 Å². The molecule has 2 N–H and O–H groups in total. The lowest BCUT2D eigenvalue weighted by atomic mass is 10.2. The van der Waals surface area contributed by atoms with E-state index in [1.807, 2.05) is 0 Å². The first kappa shape index (κ1) is 10.2. The lowest BCUT2D eigenvalue weighted by Crippen LogP contribution is -2.27. The third kappa shape index (κ3) is 2.32. The minimum Gasteiger partial charge on any atom is -0.311 e. The van der Waals surface area contributed by atoms with Crippen molar-refractivity contribution in [3.8, 4) is 0 Å². The number of nitrogens with zero attached hydrogens (tertiary/aromatic N) is 2. The topological polar surface area (TPSA) is 81.3 Å². The Morgan fingerprint density at radius 3 is 2.43 bits per heavy atom. The Hall–Kier alpha value is -1.85. The number of rotatable bonds is 2. The van der Waals surface area contributed by atoms with Crippen LogP contribution in [-0.2, 0) is 0 Å². The van der Waals surface area contributed by atoms with Gasteiger partial charge in [0.05, 0.1) is 11.8 Å². The van der Waals surface area contributed by atoms with E-state index < -0.39 is 11.2 Å². The number of nitrogens with one attached hydrogen (secondary N) is 2. The summed E-state index contributed by atoms with van der Waals surface area (Å²) in [6.07, 6.45) is 1.41. The Balaban J connectivity index is 3.22. The molecule has 0 aliphatic carbocycles. The summed E-state index contributed by atoms with van der Waals surface area (Å²) in [4.78, 5) is 26.7. The van der Waals surface area contributed by atoms with Crippen LogP contribution >= 0.6 is 0 Å². The average molecular weight is 196 g/mol. The fourth-order valence-corrected chi connectivity index (χ4v) is 0.938. The zero-order chi connectivity index (χ0) is 10.7. The molecule has 0 bridgehead atoms. The maximum atomic E-state index is 11.3. The molecule has 0 aliphatic rings. The Morgan fingerprint density at radius 2 is 1.93 bits per heavy atom. The Kier molecular flexibility index (Phi) is 2.85. The maximum Gasteiger partial charge on any atom is 0.325 e. The van der Waals surface area contributed by atoms with E-state index in [0.717, 1.165) is 0 Å². The molecule has 1 aromatic heterocycles. The molecule has 1 rings (SSSR count). The zero-order valence-corrected chi connectivity index (χ0v) is 8.29. The van der Waals surface area contributed by atoms with Crippen LogP contribution in [0.3, 0.4) is 0 Å². The predicted molar refractivity (Wildman–Crippen MR) is 53.7 cm³/mol. The number of hydrogen-bond acceptors (Lipinski definition) is 4. The van der Waals surface area contributed by atoms with Crippen molar-refractivity contribution < 1.29 is 0 Å². The van der Waals surface area contributed by atoms with E-state index in [4.69, 9.17) is 0 Å². The average Bonchev–Trinajstić information content (AvgIpc) is 2.01. The summed E-state index contributed by atoms with van der Waals surface area (Å²) in [5.41, 5.74) is -0.0750. The molecule has 14 heavy (non-hydrogen) atoms. The van der Waals surface area contributed by atoms with Crippen molar-refractivity contribution in [1.82, 2.24) is 15.0 Å². The molecule has 6 nitrogen and oxygen atoms in total. The van der Waals surface area contributed by atoms with Gasteiger partial charge in [0.2, 0.25) is 0 Å². The summed E-state index contributed by atoms with van der Waals surface area (Å²) in [5.74, 6) is 0. The highest BCUT2D eigenvalue weighted by atomic mass is 16.2.